The molecule has 0 radical (unpaired) electrons. The minimum absolute atomic E-state index is 0.0277. The number of aliphatic hydroxyl groups excluding tert-OH is 1. The average molecular weight is 304 g/mol. The number of aliphatic hydroxyl groups is 1. The standard InChI is InChI=1S/C20H32O2/c1-18(2,3)13-10-14(19(4,5)6)16(20(7,8)9)15-12(13)11-22-17(15)21/h10,17,21H,11H2,1-9H3. The minimum Gasteiger partial charge on any atom is -0.364 e. The first-order valence-corrected chi connectivity index (χ1v) is 8.25. The lowest BCUT2D eigenvalue weighted by molar-refractivity contribution is -0.0926. The fourth-order valence-electron chi connectivity index (χ4n) is 3.49. The molecule has 0 saturated heterocycles. The molecule has 0 fully saturated rings. The van der Waals surface area contributed by atoms with Crippen molar-refractivity contribution >= 4 is 0 Å². The summed E-state index contributed by atoms with van der Waals surface area (Å²) in [6.45, 7) is 20.6. The Morgan fingerprint density at radius 1 is 0.864 bits per heavy atom. The van der Waals surface area contributed by atoms with Gasteiger partial charge in [0.1, 0.15) is 0 Å². The molecule has 0 amide bonds. The average Bonchev–Trinajstić information content (AvgIpc) is 2.66. The van der Waals surface area contributed by atoms with Crippen LogP contribution in [0.5, 0.6) is 0 Å². The largest absolute Gasteiger partial charge is 0.364 e. The van der Waals surface area contributed by atoms with Gasteiger partial charge in [0.25, 0.3) is 0 Å². The van der Waals surface area contributed by atoms with Crippen LogP contribution in [0.1, 0.15) is 96.4 Å². The van der Waals surface area contributed by atoms with Crippen molar-refractivity contribution in [1.29, 1.82) is 0 Å². The lowest BCUT2D eigenvalue weighted by Crippen LogP contribution is -2.27. The van der Waals surface area contributed by atoms with Crippen molar-refractivity contribution in [2.24, 2.45) is 0 Å². The lowest BCUT2D eigenvalue weighted by Gasteiger charge is -2.35. The molecule has 1 heterocycles. The van der Waals surface area contributed by atoms with E-state index in [9.17, 15) is 5.11 Å². The smallest absolute Gasteiger partial charge is 0.182 e. The number of benzene rings is 1. The molecule has 2 nitrogen and oxygen atoms in total. The maximum atomic E-state index is 10.5. The fourth-order valence-corrected chi connectivity index (χ4v) is 3.49. The molecular formula is C20H32O2. The van der Waals surface area contributed by atoms with Gasteiger partial charge < -0.3 is 9.84 Å². The molecule has 0 saturated carbocycles. The highest BCUT2D eigenvalue weighted by Gasteiger charge is 2.38. The molecule has 0 bridgehead atoms. The van der Waals surface area contributed by atoms with Crippen LogP contribution in [0, 0.1) is 0 Å². The predicted octanol–water partition coefficient (Wildman–Crippen LogP) is 5.10. The molecule has 0 aromatic heterocycles. The van der Waals surface area contributed by atoms with Crippen LogP contribution in [0.25, 0.3) is 0 Å². The van der Waals surface area contributed by atoms with Crippen molar-refractivity contribution in [3.63, 3.8) is 0 Å². The number of rotatable bonds is 0. The molecule has 124 valence electrons. The van der Waals surface area contributed by atoms with E-state index in [0.29, 0.717) is 6.61 Å². The van der Waals surface area contributed by atoms with Crippen molar-refractivity contribution in [1.82, 2.24) is 0 Å². The highest BCUT2D eigenvalue weighted by atomic mass is 16.6. The van der Waals surface area contributed by atoms with E-state index in [-0.39, 0.29) is 16.2 Å². The van der Waals surface area contributed by atoms with Gasteiger partial charge in [-0.3, -0.25) is 0 Å². The molecule has 1 N–H and O–H groups in total. The summed E-state index contributed by atoms with van der Waals surface area (Å²) in [7, 11) is 0. The maximum Gasteiger partial charge on any atom is 0.182 e. The lowest BCUT2D eigenvalue weighted by atomic mass is 9.69. The SMILES string of the molecule is CC(C)(C)c1cc(C(C)(C)C)c(C(C)(C)C)c2c1COC2O. The third-order valence-corrected chi connectivity index (χ3v) is 4.48. The molecule has 1 aromatic rings. The molecule has 1 aromatic carbocycles. The second-order valence-electron chi connectivity index (χ2n) is 9.65. The van der Waals surface area contributed by atoms with Crippen LogP contribution in [0.4, 0.5) is 0 Å². The fraction of sp³-hybridized carbons (Fsp3) is 0.700. The van der Waals surface area contributed by atoms with Crippen LogP contribution in [0.15, 0.2) is 6.07 Å². The zero-order chi connectivity index (χ0) is 17.1. The van der Waals surface area contributed by atoms with Crippen molar-refractivity contribution < 1.29 is 9.84 Å². The Kier molecular flexibility index (Phi) is 4.03. The first kappa shape index (κ1) is 17.5. The summed E-state index contributed by atoms with van der Waals surface area (Å²) < 4.78 is 5.62. The summed E-state index contributed by atoms with van der Waals surface area (Å²) in [6, 6.07) is 2.36. The van der Waals surface area contributed by atoms with Gasteiger partial charge in [0, 0.05) is 5.56 Å². The van der Waals surface area contributed by atoms with Crippen LogP contribution >= 0.6 is 0 Å². The Labute approximate surface area is 135 Å². The Morgan fingerprint density at radius 2 is 1.36 bits per heavy atom. The Bertz CT molecular complexity index is 578. The number of hydrogen-bond acceptors (Lipinski definition) is 2. The van der Waals surface area contributed by atoms with Gasteiger partial charge in [0.2, 0.25) is 0 Å². The molecule has 1 aliphatic rings. The zero-order valence-corrected chi connectivity index (χ0v) is 15.7. The van der Waals surface area contributed by atoms with Gasteiger partial charge in [0.05, 0.1) is 6.61 Å². The van der Waals surface area contributed by atoms with Gasteiger partial charge in [-0.25, -0.2) is 0 Å². The van der Waals surface area contributed by atoms with Gasteiger partial charge in [-0.15, -0.1) is 0 Å². The van der Waals surface area contributed by atoms with Gasteiger partial charge in [0.15, 0.2) is 6.29 Å². The highest BCUT2D eigenvalue weighted by molar-refractivity contribution is 5.54. The molecular weight excluding hydrogens is 272 g/mol. The molecule has 2 rings (SSSR count). The van der Waals surface area contributed by atoms with Crippen molar-refractivity contribution in [2.45, 2.75) is 91.5 Å². The van der Waals surface area contributed by atoms with E-state index in [1.54, 1.807) is 0 Å². The van der Waals surface area contributed by atoms with E-state index >= 15 is 0 Å². The Morgan fingerprint density at radius 3 is 1.77 bits per heavy atom. The van der Waals surface area contributed by atoms with E-state index in [1.807, 2.05) is 0 Å². The third kappa shape index (κ3) is 2.96. The molecule has 2 heteroatoms. The second kappa shape index (κ2) is 5.07. The van der Waals surface area contributed by atoms with Gasteiger partial charge in [-0.1, -0.05) is 68.4 Å². The number of fused-ring (bicyclic) bond motifs is 1. The van der Waals surface area contributed by atoms with Crippen LogP contribution in [0.2, 0.25) is 0 Å². The molecule has 1 atom stereocenters. The van der Waals surface area contributed by atoms with E-state index in [0.717, 1.165) is 5.56 Å². The minimum atomic E-state index is -0.798. The van der Waals surface area contributed by atoms with Crippen molar-refractivity contribution in [3.8, 4) is 0 Å². The number of hydrogen-bond donors (Lipinski definition) is 1. The first-order chi connectivity index (χ1) is 9.74. The van der Waals surface area contributed by atoms with Crippen molar-refractivity contribution in [3.05, 3.63) is 33.9 Å². The van der Waals surface area contributed by atoms with E-state index < -0.39 is 6.29 Å². The molecule has 0 spiro atoms. The van der Waals surface area contributed by atoms with Crippen LogP contribution < -0.4 is 0 Å². The quantitative estimate of drug-likeness (QED) is 0.722. The highest BCUT2D eigenvalue weighted by Crippen LogP contribution is 2.46. The summed E-state index contributed by atoms with van der Waals surface area (Å²) in [5.41, 5.74) is 6.13. The van der Waals surface area contributed by atoms with Gasteiger partial charge >= 0.3 is 0 Å². The van der Waals surface area contributed by atoms with Gasteiger partial charge in [-0.2, -0.15) is 0 Å². The summed E-state index contributed by atoms with van der Waals surface area (Å²) >= 11 is 0. The second-order valence-corrected chi connectivity index (χ2v) is 9.65. The van der Waals surface area contributed by atoms with Crippen LogP contribution in [0.3, 0.4) is 0 Å². The van der Waals surface area contributed by atoms with Crippen LogP contribution in [-0.2, 0) is 27.6 Å². The normalized spacial score (nSPS) is 19.5. The van der Waals surface area contributed by atoms with E-state index in [2.05, 4.69) is 68.4 Å². The Balaban J connectivity index is 2.93. The summed E-state index contributed by atoms with van der Waals surface area (Å²) in [6.07, 6.45) is -0.798. The van der Waals surface area contributed by atoms with E-state index in [1.165, 1.54) is 22.3 Å². The first-order valence-electron chi connectivity index (χ1n) is 8.25. The van der Waals surface area contributed by atoms with Crippen molar-refractivity contribution in [2.75, 3.05) is 0 Å². The zero-order valence-electron chi connectivity index (χ0n) is 15.7. The van der Waals surface area contributed by atoms with Gasteiger partial charge in [-0.05, 0) is 38.5 Å². The summed E-state index contributed by atoms with van der Waals surface area (Å²) in [5.74, 6) is 0. The van der Waals surface area contributed by atoms with Crippen LogP contribution in [-0.4, -0.2) is 5.11 Å². The molecule has 22 heavy (non-hydrogen) atoms. The number of ether oxygens (including phenoxy) is 1. The molecule has 1 unspecified atom stereocenters. The summed E-state index contributed by atoms with van der Waals surface area (Å²) in [5, 5.41) is 10.5. The summed E-state index contributed by atoms with van der Waals surface area (Å²) in [4.78, 5) is 0. The molecule has 1 aliphatic heterocycles. The topological polar surface area (TPSA) is 29.5 Å². The molecule has 0 aliphatic carbocycles. The van der Waals surface area contributed by atoms with E-state index in [4.69, 9.17) is 4.74 Å². The Hall–Kier alpha value is -0.860. The third-order valence-electron chi connectivity index (χ3n) is 4.48. The maximum absolute atomic E-state index is 10.5. The monoisotopic (exact) mass is 304 g/mol. The predicted molar refractivity (Wildman–Crippen MR) is 92.3 cm³/mol.